The van der Waals surface area contributed by atoms with Crippen LogP contribution in [0.3, 0.4) is 0 Å². The molecule has 3 aromatic rings. The number of nitrogens with zero attached hydrogens (tertiary/aromatic N) is 4. The van der Waals surface area contributed by atoms with E-state index in [4.69, 9.17) is 0 Å². The van der Waals surface area contributed by atoms with E-state index in [1.54, 1.807) is 24.3 Å². The quantitative estimate of drug-likeness (QED) is 0.774. The summed E-state index contributed by atoms with van der Waals surface area (Å²) in [7, 11) is 0. The standard InChI is InChI=1S/C17H19N5O2S/c1-11-18-14(8-15(23)19-11)12-3-2-4-21(9-12)16(24)7-13-10-22-5-6-25-17(22)20-13/h5-6,8,10,12H,2-4,7,9H2,1H3,(H,18,19,23)/t12-/m1/s1. The number of hydrogen-bond donors (Lipinski definition) is 1. The van der Waals surface area contributed by atoms with Gasteiger partial charge < -0.3 is 9.88 Å². The predicted octanol–water partition coefficient (Wildman–Crippen LogP) is 1.74. The number of carbonyl (C=O) groups excluding carboxylic acids is 1. The van der Waals surface area contributed by atoms with E-state index in [9.17, 15) is 9.59 Å². The smallest absolute Gasteiger partial charge is 0.251 e. The molecule has 0 radical (unpaired) electrons. The summed E-state index contributed by atoms with van der Waals surface area (Å²) >= 11 is 1.56. The van der Waals surface area contributed by atoms with Crippen LogP contribution in [0.2, 0.25) is 0 Å². The number of hydrogen-bond acceptors (Lipinski definition) is 5. The zero-order valence-corrected chi connectivity index (χ0v) is 14.8. The Morgan fingerprint density at radius 1 is 1.44 bits per heavy atom. The molecule has 25 heavy (non-hydrogen) atoms. The molecule has 0 spiro atoms. The lowest BCUT2D eigenvalue weighted by Gasteiger charge is -2.32. The number of imidazole rings is 1. The van der Waals surface area contributed by atoms with Crippen molar-refractivity contribution in [1.29, 1.82) is 0 Å². The zero-order chi connectivity index (χ0) is 17.4. The molecule has 7 nitrogen and oxygen atoms in total. The average molecular weight is 357 g/mol. The second-order valence-corrected chi connectivity index (χ2v) is 7.31. The van der Waals surface area contributed by atoms with Crippen LogP contribution in [0.25, 0.3) is 4.96 Å². The number of H-pyrrole nitrogens is 1. The lowest BCUT2D eigenvalue weighted by molar-refractivity contribution is -0.131. The van der Waals surface area contributed by atoms with Crippen LogP contribution in [-0.4, -0.2) is 43.2 Å². The maximum Gasteiger partial charge on any atom is 0.251 e. The number of thiazole rings is 1. The Hall–Kier alpha value is -2.48. The van der Waals surface area contributed by atoms with Crippen LogP contribution in [-0.2, 0) is 11.2 Å². The summed E-state index contributed by atoms with van der Waals surface area (Å²) in [6, 6.07) is 1.55. The summed E-state index contributed by atoms with van der Waals surface area (Å²) in [6.45, 7) is 3.14. The second-order valence-electron chi connectivity index (χ2n) is 6.44. The van der Waals surface area contributed by atoms with Crippen LogP contribution in [0.5, 0.6) is 0 Å². The van der Waals surface area contributed by atoms with E-state index >= 15 is 0 Å². The van der Waals surface area contributed by atoms with Gasteiger partial charge in [0.25, 0.3) is 5.56 Å². The number of aromatic amines is 1. The lowest BCUT2D eigenvalue weighted by atomic mass is 9.94. The molecule has 1 fully saturated rings. The van der Waals surface area contributed by atoms with Gasteiger partial charge in [0.1, 0.15) is 5.82 Å². The van der Waals surface area contributed by atoms with Gasteiger partial charge in [-0.2, -0.15) is 0 Å². The molecular weight excluding hydrogens is 338 g/mol. The van der Waals surface area contributed by atoms with Crippen molar-refractivity contribution < 1.29 is 4.79 Å². The fraction of sp³-hybridized carbons (Fsp3) is 0.412. The van der Waals surface area contributed by atoms with Gasteiger partial charge in [-0.15, -0.1) is 11.3 Å². The molecule has 1 aliphatic heterocycles. The number of nitrogens with one attached hydrogen (secondary N) is 1. The fourth-order valence-electron chi connectivity index (χ4n) is 3.38. The van der Waals surface area contributed by atoms with Crippen molar-refractivity contribution in [1.82, 2.24) is 24.3 Å². The highest BCUT2D eigenvalue weighted by Gasteiger charge is 2.26. The molecule has 0 unspecified atom stereocenters. The normalized spacial score (nSPS) is 18.0. The summed E-state index contributed by atoms with van der Waals surface area (Å²) in [5, 5.41) is 1.97. The maximum atomic E-state index is 12.7. The van der Waals surface area contributed by atoms with Gasteiger partial charge in [-0.1, -0.05) is 0 Å². The Bertz CT molecular complexity index is 944. The topological polar surface area (TPSA) is 83.4 Å². The lowest BCUT2D eigenvalue weighted by Crippen LogP contribution is -2.40. The first-order valence-electron chi connectivity index (χ1n) is 8.35. The molecule has 0 aliphatic carbocycles. The highest BCUT2D eigenvalue weighted by molar-refractivity contribution is 7.15. The molecule has 0 aromatic carbocycles. The summed E-state index contributed by atoms with van der Waals surface area (Å²) in [4.78, 5) is 38.7. The fourth-order valence-corrected chi connectivity index (χ4v) is 4.10. The maximum absolute atomic E-state index is 12.7. The molecule has 1 atom stereocenters. The zero-order valence-electron chi connectivity index (χ0n) is 13.9. The molecular formula is C17H19N5O2S. The second kappa shape index (κ2) is 6.44. The van der Waals surface area contributed by atoms with Gasteiger partial charge in [-0.3, -0.25) is 14.0 Å². The summed E-state index contributed by atoms with van der Waals surface area (Å²) in [6.07, 6.45) is 6.02. The van der Waals surface area contributed by atoms with Gasteiger partial charge in [-0.25, -0.2) is 9.97 Å². The number of rotatable bonds is 3. The molecule has 1 aliphatic rings. The van der Waals surface area contributed by atoms with Gasteiger partial charge in [0.2, 0.25) is 5.91 Å². The van der Waals surface area contributed by atoms with E-state index in [0.717, 1.165) is 35.7 Å². The molecule has 0 bridgehead atoms. The highest BCUT2D eigenvalue weighted by Crippen LogP contribution is 2.25. The van der Waals surface area contributed by atoms with Crippen molar-refractivity contribution in [3.63, 3.8) is 0 Å². The number of carbonyl (C=O) groups is 1. The first kappa shape index (κ1) is 16.0. The summed E-state index contributed by atoms with van der Waals surface area (Å²) in [5.74, 6) is 0.810. The monoisotopic (exact) mass is 357 g/mol. The van der Waals surface area contributed by atoms with E-state index in [1.165, 1.54) is 0 Å². The molecule has 130 valence electrons. The third-order valence-electron chi connectivity index (χ3n) is 4.55. The molecule has 4 rings (SSSR count). The minimum absolute atomic E-state index is 0.0806. The largest absolute Gasteiger partial charge is 0.342 e. The minimum Gasteiger partial charge on any atom is -0.342 e. The third-order valence-corrected chi connectivity index (χ3v) is 5.32. The minimum atomic E-state index is -0.135. The van der Waals surface area contributed by atoms with Gasteiger partial charge in [0, 0.05) is 42.8 Å². The third kappa shape index (κ3) is 3.34. The number of amides is 1. The van der Waals surface area contributed by atoms with E-state index < -0.39 is 0 Å². The van der Waals surface area contributed by atoms with Crippen LogP contribution < -0.4 is 5.56 Å². The van der Waals surface area contributed by atoms with Gasteiger partial charge >= 0.3 is 0 Å². The van der Waals surface area contributed by atoms with Crippen molar-refractivity contribution in [3.05, 3.63) is 51.4 Å². The first-order valence-corrected chi connectivity index (χ1v) is 9.23. The van der Waals surface area contributed by atoms with E-state index in [0.29, 0.717) is 18.8 Å². The van der Waals surface area contributed by atoms with Crippen LogP contribution in [0.1, 0.15) is 36.0 Å². The van der Waals surface area contributed by atoms with Crippen molar-refractivity contribution in [3.8, 4) is 0 Å². The van der Waals surface area contributed by atoms with Crippen LogP contribution in [0, 0.1) is 6.92 Å². The Morgan fingerprint density at radius 2 is 2.32 bits per heavy atom. The molecule has 0 saturated carbocycles. The summed E-state index contributed by atoms with van der Waals surface area (Å²) < 4.78 is 1.94. The van der Waals surface area contributed by atoms with E-state index in [1.807, 2.05) is 27.1 Å². The predicted molar refractivity (Wildman–Crippen MR) is 94.9 cm³/mol. The van der Waals surface area contributed by atoms with E-state index in [-0.39, 0.29) is 17.4 Å². The van der Waals surface area contributed by atoms with Gasteiger partial charge in [0.15, 0.2) is 4.96 Å². The number of likely N-dealkylation sites (tertiary alicyclic amines) is 1. The van der Waals surface area contributed by atoms with Gasteiger partial charge in [-0.05, 0) is 19.8 Å². The number of fused-ring (bicyclic) bond motifs is 1. The van der Waals surface area contributed by atoms with E-state index in [2.05, 4.69) is 15.0 Å². The molecule has 1 saturated heterocycles. The Kier molecular flexibility index (Phi) is 4.12. The van der Waals surface area contributed by atoms with Gasteiger partial charge in [0.05, 0.1) is 17.8 Å². The van der Waals surface area contributed by atoms with Crippen molar-refractivity contribution in [2.75, 3.05) is 13.1 Å². The number of aryl methyl sites for hydroxylation is 1. The van der Waals surface area contributed by atoms with Crippen LogP contribution in [0.4, 0.5) is 0 Å². The Morgan fingerprint density at radius 3 is 3.12 bits per heavy atom. The van der Waals surface area contributed by atoms with Crippen molar-refractivity contribution in [2.24, 2.45) is 0 Å². The van der Waals surface area contributed by atoms with Crippen LogP contribution in [0.15, 0.2) is 28.6 Å². The highest BCUT2D eigenvalue weighted by atomic mass is 32.1. The first-order chi connectivity index (χ1) is 12.1. The van der Waals surface area contributed by atoms with Crippen molar-refractivity contribution in [2.45, 2.75) is 32.1 Å². The van der Waals surface area contributed by atoms with Crippen LogP contribution >= 0.6 is 11.3 Å². The molecule has 1 N–H and O–H groups in total. The molecule has 1 amide bonds. The average Bonchev–Trinajstić information content (AvgIpc) is 3.15. The molecule has 3 aromatic heterocycles. The Labute approximate surface area is 148 Å². The molecule has 4 heterocycles. The number of aromatic nitrogens is 4. The summed E-state index contributed by atoms with van der Waals surface area (Å²) in [5.41, 5.74) is 1.44. The van der Waals surface area contributed by atoms with Crippen molar-refractivity contribution >= 4 is 22.2 Å². The number of piperidine rings is 1. The Balaban J connectivity index is 1.47. The SMILES string of the molecule is Cc1nc([C@@H]2CCCN(C(=O)Cc3cn4ccsc4n3)C2)cc(=O)[nH]1. The molecule has 8 heteroatoms.